The summed E-state index contributed by atoms with van der Waals surface area (Å²) in [5.41, 5.74) is 1.50. The van der Waals surface area contributed by atoms with Crippen molar-refractivity contribution in [1.29, 1.82) is 0 Å². The Balaban J connectivity index is 0.000000416. The number of rotatable bonds is 7. The zero-order chi connectivity index (χ0) is 23.1. The molecular weight excluding hydrogens is 421 g/mol. The van der Waals surface area contributed by atoms with Crippen LogP contribution in [0.4, 0.5) is 13.2 Å². The number of halogens is 3. The number of hydrogen-bond acceptors (Lipinski definition) is 6. The van der Waals surface area contributed by atoms with Gasteiger partial charge < -0.3 is 15.4 Å². The number of hydrogen-bond donors (Lipinski definition) is 2. The van der Waals surface area contributed by atoms with Gasteiger partial charge in [0.05, 0.1) is 13.3 Å². The van der Waals surface area contributed by atoms with Crippen molar-refractivity contribution in [3.8, 4) is 5.75 Å². The number of allylic oxidation sites excluding steroid dienone is 2. The Hall–Kier alpha value is -2.72. The summed E-state index contributed by atoms with van der Waals surface area (Å²) in [5.74, 6) is -0.509. The minimum atomic E-state index is -0.836. The number of aromatic nitrogens is 3. The van der Waals surface area contributed by atoms with E-state index in [0.717, 1.165) is 37.6 Å². The molecule has 4 rings (SSSR count). The van der Waals surface area contributed by atoms with Gasteiger partial charge in [0.15, 0.2) is 11.5 Å². The van der Waals surface area contributed by atoms with Crippen LogP contribution < -0.4 is 15.4 Å². The molecule has 1 saturated carbocycles. The smallest absolute Gasteiger partial charge is 0.157 e. The third-order valence-electron chi connectivity index (χ3n) is 5.45. The molecule has 7 nitrogen and oxygen atoms in total. The molecule has 1 aliphatic heterocycles. The van der Waals surface area contributed by atoms with Crippen LogP contribution in [0.5, 0.6) is 5.75 Å². The quantitative estimate of drug-likeness (QED) is 0.497. The molecule has 2 aliphatic rings. The third-order valence-corrected chi connectivity index (χ3v) is 5.45. The molecule has 2 N–H and O–H groups in total. The summed E-state index contributed by atoms with van der Waals surface area (Å²) in [6.07, 6.45) is 5.59. The molecule has 0 aromatic carbocycles. The van der Waals surface area contributed by atoms with Gasteiger partial charge in [-0.15, -0.1) is 0 Å². The van der Waals surface area contributed by atoms with Crippen LogP contribution in [-0.4, -0.2) is 61.3 Å². The molecule has 174 valence electrons. The lowest BCUT2D eigenvalue weighted by Gasteiger charge is -2.26. The Labute approximate surface area is 185 Å². The fraction of sp³-hybridized carbons (Fsp3) is 0.500. The first-order valence-electron chi connectivity index (χ1n) is 10.6. The molecule has 2 aromatic heterocycles. The highest BCUT2D eigenvalue weighted by molar-refractivity contribution is 5.71. The molecule has 1 atom stereocenters. The summed E-state index contributed by atoms with van der Waals surface area (Å²) < 4.78 is 47.0. The van der Waals surface area contributed by atoms with E-state index in [0.29, 0.717) is 36.0 Å². The lowest BCUT2D eigenvalue weighted by atomic mass is 9.82. The Morgan fingerprint density at radius 3 is 2.69 bits per heavy atom. The summed E-state index contributed by atoms with van der Waals surface area (Å²) in [6, 6.07) is 1.76. The Bertz CT molecular complexity index is 993. The largest absolute Gasteiger partial charge is 0.495 e. The minimum absolute atomic E-state index is 0.0771. The molecule has 0 radical (unpaired) electrons. The minimum Gasteiger partial charge on any atom is -0.495 e. The van der Waals surface area contributed by atoms with Gasteiger partial charge in [0.2, 0.25) is 0 Å². The highest BCUT2D eigenvalue weighted by atomic mass is 19.1. The number of alkyl halides is 1. The zero-order valence-corrected chi connectivity index (χ0v) is 18.4. The molecule has 1 saturated heterocycles. The predicted octanol–water partition coefficient (Wildman–Crippen LogP) is 3.73. The topological polar surface area (TPSA) is 75.8 Å². The average Bonchev–Trinajstić information content (AvgIpc) is 3.36. The Morgan fingerprint density at radius 1 is 1.41 bits per heavy atom. The summed E-state index contributed by atoms with van der Waals surface area (Å²) in [4.78, 5) is 7.98. The molecule has 1 aliphatic carbocycles. The molecule has 0 amide bonds. The lowest BCUT2D eigenvalue weighted by Crippen LogP contribution is -2.14. The van der Waals surface area contributed by atoms with Crippen LogP contribution in [0.15, 0.2) is 35.0 Å². The molecule has 10 heteroatoms. The van der Waals surface area contributed by atoms with Crippen LogP contribution in [0, 0.1) is 0 Å². The van der Waals surface area contributed by atoms with E-state index >= 15 is 0 Å². The van der Waals surface area contributed by atoms with Crippen molar-refractivity contribution in [2.24, 2.45) is 4.99 Å². The standard InChI is InChI=1S/C18H21F2N5O.C4H8FN/c1-21-9-12(19)7-13(20)18(22-2)14-10-23-16-8-15(26-3)17(24-25(14)16)11-5-4-6-11;5-4-1-2-6-3-4/h7-8,10-11,21H,2,4-6,9H2,1,3H3;4,6H,1-3H2/b12-7+,18-13+;. The number of fused-ring (bicyclic) bond motifs is 1. The van der Waals surface area contributed by atoms with E-state index in [2.05, 4.69) is 32.4 Å². The monoisotopic (exact) mass is 450 g/mol. The fourth-order valence-electron chi connectivity index (χ4n) is 3.53. The summed E-state index contributed by atoms with van der Waals surface area (Å²) in [7, 11) is 3.16. The van der Waals surface area contributed by atoms with Crippen molar-refractivity contribution >= 4 is 18.1 Å². The molecule has 3 heterocycles. The lowest BCUT2D eigenvalue weighted by molar-refractivity contribution is 0.361. The van der Waals surface area contributed by atoms with E-state index in [1.165, 1.54) is 10.7 Å². The van der Waals surface area contributed by atoms with Crippen LogP contribution in [-0.2, 0) is 0 Å². The molecule has 0 spiro atoms. The second kappa shape index (κ2) is 11.2. The van der Waals surface area contributed by atoms with Crippen LogP contribution >= 0.6 is 0 Å². The van der Waals surface area contributed by atoms with E-state index in [-0.39, 0.29) is 12.2 Å². The molecule has 2 fully saturated rings. The van der Waals surface area contributed by atoms with Gasteiger partial charge in [0, 0.05) is 31.1 Å². The van der Waals surface area contributed by atoms with Gasteiger partial charge in [-0.1, -0.05) is 6.42 Å². The van der Waals surface area contributed by atoms with E-state index in [9.17, 15) is 13.2 Å². The van der Waals surface area contributed by atoms with Gasteiger partial charge >= 0.3 is 0 Å². The van der Waals surface area contributed by atoms with Gasteiger partial charge in [0.25, 0.3) is 0 Å². The summed E-state index contributed by atoms with van der Waals surface area (Å²) >= 11 is 0. The maximum Gasteiger partial charge on any atom is 0.157 e. The van der Waals surface area contributed by atoms with Crippen LogP contribution in [0.25, 0.3) is 11.3 Å². The second-order valence-electron chi connectivity index (χ2n) is 7.71. The van der Waals surface area contributed by atoms with E-state index in [4.69, 9.17) is 4.74 Å². The number of ether oxygens (including phenoxy) is 1. The fourth-order valence-corrected chi connectivity index (χ4v) is 3.53. The highest BCUT2D eigenvalue weighted by Crippen LogP contribution is 2.40. The van der Waals surface area contributed by atoms with Gasteiger partial charge in [-0.2, -0.15) is 5.10 Å². The normalized spacial score (nSPS) is 19.8. The number of nitrogens with zero attached hydrogens (tertiary/aromatic N) is 4. The maximum absolute atomic E-state index is 14.5. The van der Waals surface area contributed by atoms with Crippen molar-refractivity contribution in [1.82, 2.24) is 25.2 Å². The summed E-state index contributed by atoms with van der Waals surface area (Å²) in [6.45, 7) is 4.76. The first-order valence-corrected chi connectivity index (χ1v) is 10.6. The first kappa shape index (κ1) is 23.9. The molecular formula is C22H29F3N6O. The number of aliphatic imine (C=N–C) groups is 1. The van der Waals surface area contributed by atoms with E-state index < -0.39 is 17.8 Å². The molecule has 1 unspecified atom stereocenters. The number of imidazole rings is 1. The van der Waals surface area contributed by atoms with E-state index in [1.807, 2.05) is 0 Å². The second-order valence-corrected chi connectivity index (χ2v) is 7.71. The van der Waals surface area contributed by atoms with Gasteiger partial charge in [-0.25, -0.2) is 22.7 Å². The number of methoxy groups -OCH3 is 1. The SMILES string of the molecule is C=N/C(=C(F)\C=C(\F)CNC)c1cnc2cc(OC)c(C3CCC3)nn12.FC1CCNC1. The van der Waals surface area contributed by atoms with Crippen molar-refractivity contribution < 1.29 is 17.9 Å². The van der Waals surface area contributed by atoms with Gasteiger partial charge in [-0.3, -0.25) is 4.99 Å². The molecule has 32 heavy (non-hydrogen) atoms. The Morgan fingerprint density at radius 2 is 2.19 bits per heavy atom. The van der Waals surface area contributed by atoms with Crippen LogP contribution in [0.1, 0.15) is 43.0 Å². The van der Waals surface area contributed by atoms with Crippen molar-refractivity contribution in [2.45, 2.75) is 37.8 Å². The molecule has 0 bridgehead atoms. The van der Waals surface area contributed by atoms with Crippen LogP contribution in [0.3, 0.4) is 0 Å². The average molecular weight is 451 g/mol. The maximum atomic E-state index is 14.5. The first-order chi connectivity index (χ1) is 15.5. The van der Waals surface area contributed by atoms with Crippen molar-refractivity contribution in [3.05, 3.63) is 41.4 Å². The molecule has 2 aromatic rings. The zero-order valence-electron chi connectivity index (χ0n) is 18.4. The number of nitrogens with one attached hydrogen (secondary N) is 2. The number of likely N-dealkylation sites (N-methyl/N-ethyl adjacent to an activating group) is 1. The van der Waals surface area contributed by atoms with E-state index in [1.54, 1.807) is 20.2 Å². The summed E-state index contributed by atoms with van der Waals surface area (Å²) in [5, 5.41) is 10.1. The van der Waals surface area contributed by atoms with Gasteiger partial charge in [0.1, 0.15) is 34.8 Å². The highest BCUT2D eigenvalue weighted by Gasteiger charge is 2.26. The Kier molecular flexibility index (Phi) is 8.40. The predicted molar refractivity (Wildman–Crippen MR) is 119 cm³/mol. The van der Waals surface area contributed by atoms with Crippen molar-refractivity contribution in [2.75, 3.05) is 33.8 Å². The van der Waals surface area contributed by atoms with Crippen LogP contribution in [0.2, 0.25) is 0 Å². The van der Waals surface area contributed by atoms with Gasteiger partial charge in [-0.05, 0) is 39.6 Å². The van der Waals surface area contributed by atoms with Crippen molar-refractivity contribution in [3.63, 3.8) is 0 Å². The third kappa shape index (κ3) is 5.55.